The summed E-state index contributed by atoms with van der Waals surface area (Å²) in [5.74, 6) is 1.96. The highest BCUT2D eigenvalue weighted by atomic mass is 35.5. The van der Waals surface area contributed by atoms with Gasteiger partial charge in [0.25, 0.3) is 0 Å². The number of rotatable bonds is 4. The molecule has 1 aromatic heterocycles. The number of nitrogens with zero attached hydrogens (tertiary/aromatic N) is 3. The van der Waals surface area contributed by atoms with Crippen LogP contribution < -0.4 is 10.6 Å². The minimum absolute atomic E-state index is 0.306. The second-order valence-corrected chi connectivity index (χ2v) is 5.13. The van der Waals surface area contributed by atoms with E-state index >= 15 is 0 Å². The molecule has 0 saturated heterocycles. The zero-order valence-corrected chi connectivity index (χ0v) is 9.82. The zero-order chi connectivity index (χ0) is 11.1. The van der Waals surface area contributed by atoms with Crippen LogP contribution in [0.3, 0.4) is 0 Å². The highest BCUT2D eigenvalue weighted by Gasteiger charge is 2.35. The number of anilines is 2. The Morgan fingerprint density at radius 2 is 2.12 bits per heavy atom. The average Bonchev–Trinajstić information content (AvgIpc) is 3.12. The van der Waals surface area contributed by atoms with E-state index in [1.54, 1.807) is 6.20 Å². The predicted molar refractivity (Wildman–Crippen MR) is 64.5 cm³/mol. The number of hydrogen-bond acceptors (Lipinski definition) is 4. The van der Waals surface area contributed by atoms with Crippen LogP contribution in [0.2, 0.25) is 5.02 Å². The van der Waals surface area contributed by atoms with Crippen LogP contribution in [0.1, 0.15) is 25.7 Å². The third-order valence-electron chi connectivity index (χ3n) is 3.16. The molecule has 0 atom stereocenters. The first-order chi connectivity index (χ1) is 7.74. The minimum Gasteiger partial charge on any atom is -0.368 e. The maximum atomic E-state index is 6.14. The Balaban J connectivity index is 1.87. The van der Waals surface area contributed by atoms with Crippen molar-refractivity contribution in [3.8, 4) is 0 Å². The summed E-state index contributed by atoms with van der Waals surface area (Å²) in [6.07, 6.45) is 6.75. The number of aromatic nitrogens is 2. The summed E-state index contributed by atoms with van der Waals surface area (Å²) >= 11 is 6.14. The van der Waals surface area contributed by atoms with E-state index in [2.05, 4.69) is 14.9 Å². The van der Waals surface area contributed by atoms with Crippen LogP contribution in [0.15, 0.2) is 6.20 Å². The van der Waals surface area contributed by atoms with Crippen LogP contribution in [0, 0.1) is 5.92 Å². The SMILES string of the molecule is Nc1ncc(Cl)c(N(CC2CC2)C2CC2)n1. The van der Waals surface area contributed by atoms with E-state index in [1.165, 1.54) is 25.7 Å². The van der Waals surface area contributed by atoms with E-state index in [1.807, 2.05) is 0 Å². The van der Waals surface area contributed by atoms with E-state index in [0.717, 1.165) is 18.3 Å². The lowest BCUT2D eigenvalue weighted by molar-refractivity contribution is 0.708. The van der Waals surface area contributed by atoms with Gasteiger partial charge in [0.2, 0.25) is 5.95 Å². The summed E-state index contributed by atoms with van der Waals surface area (Å²) in [5.41, 5.74) is 5.62. The van der Waals surface area contributed by atoms with Gasteiger partial charge in [-0.3, -0.25) is 0 Å². The molecule has 3 rings (SSSR count). The lowest BCUT2D eigenvalue weighted by Gasteiger charge is -2.24. The van der Waals surface area contributed by atoms with Gasteiger partial charge in [0.1, 0.15) is 5.02 Å². The molecular weight excluding hydrogens is 224 g/mol. The third-order valence-corrected chi connectivity index (χ3v) is 3.42. The molecule has 2 saturated carbocycles. The van der Waals surface area contributed by atoms with Crippen LogP contribution in [0.5, 0.6) is 0 Å². The fourth-order valence-corrected chi connectivity index (χ4v) is 2.15. The van der Waals surface area contributed by atoms with Gasteiger partial charge in [0.15, 0.2) is 5.82 Å². The second kappa shape index (κ2) is 3.77. The van der Waals surface area contributed by atoms with Gasteiger partial charge in [0.05, 0.1) is 6.20 Å². The van der Waals surface area contributed by atoms with Crippen LogP contribution in [-0.4, -0.2) is 22.6 Å². The summed E-state index contributed by atoms with van der Waals surface area (Å²) in [4.78, 5) is 10.5. The number of hydrogen-bond donors (Lipinski definition) is 1. The van der Waals surface area contributed by atoms with Crippen molar-refractivity contribution in [3.63, 3.8) is 0 Å². The van der Waals surface area contributed by atoms with Crippen molar-refractivity contribution >= 4 is 23.4 Å². The fraction of sp³-hybridized carbons (Fsp3) is 0.636. The van der Waals surface area contributed by atoms with Crippen LogP contribution in [0.4, 0.5) is 11.8 Å². The van der Waals surface area contributed by atoms with Gasteiger partial charge >= 0.3 is 0 Å². The van der Waals surface area contributed by atoms with E-state index in [0.29, 0.717) is 17.0 Å². The summed E-state index contributed by atoms with van der Waals surface area (Å²) in [7, 11) is 0. The van der Waals surface area contributed by atoms with Gasteiger partial charge in [0, 0.05) is 12.6 Å². The molecule has 0 bridgehead atoms. The molecule has 2 aliphatic rings. The average molecular weight is 239 g/mol. The van der Waals surface area contributed by atoms with Crippen LogP contribution >= 0.6 is 11.6 Å². The summed E-state index contributed by atoms with van der Waals surface area (Å²) < 4.78 is 0. The van der Waals surface area contributed by atoms with Gasteiger partial charge < -0.3 is 10.6 Å². The van der Waals surface area contributed by atoms with Crippen molar-refractivity contribution in [1.82, 2.24) is 9.97 Å². The van der Waals surface area contributed by atoms with Crippen molar-refractivity contribution in [2.75, 3.05) is 17.2 Å². The monoisotopic (exact) mass is 238 g/mol. The smallest absolute Gasteiger partial charge is 0.222 e. The van der Waals surface area contributed by atoms with Gasteiger partial charge in [-0.05, 0) is 31.6 Å². The van der Waals surface area contributed by atoms with E-state index in [9.17, 15) is 0 Å². The van der Waals surface area contributed by atoms with Crippen molar-refractivity contribution in [2.45, 2.75) is 31.7 Å². The fourth-order valence-electron chi connectivity index (χ4n) is 1.95. The highest BCUT2D eigenvalue weighted by Crippen LogP contribution is 2.39. The van der Waals surface area contributed by atoms with Crippen molar-refractivity contribution in [2.24, 2.45) is 5.92 Å². The Kier molecular flexibility index (Phi) is 2.39. The van der Waals surface area contributed by atoms with E-state index < -0.39 is 0 Å². The number of halogens is 1. The summed E-state index contributed by atoms with van der Waals surface area (Å²) in [6.45, 7) is 1.07. The third kappa shape index (κ3) is 2.07. The summed E-state index contributed by atoms with van der Waals surface area (Å²) in [5, 5.41) is 0.613. The van der Waals surface area contributed by atoms with Crippen LogP contribution in [-0.2, 0) is 0 Å². The first-order valence-corrected chi connectivity index (χ1v) is 6.16. The molecule has 2 fully saturated rings. The van der Waals surface area contributed by atoms with E-state index in [-0.39, 0.29) is 0 Å². The molecule has 0 amide bonds. The normalized spacial score (nSPS) is 19.8. The Morgan fingerprint density at radius 1 is 1.38 bits per heavy atom. The second-order valence-electron chi connectivity index (χ2n) is 4.73. The number of nitrogens with two attached hydrogens (primary N) is 1. The van der Waals surface area contributed by atoms with Gasteiger partial charge in [-0.2, -0.15) is 4.98 Å². The highest BCUT2D eigenvalue weighted by molar-refractivity contribution is 6.32. The molecular formula is C11H15ClN4. The Hall–Kier alpha value is -1.03. The Bertz CT molecular complexity index is 401. The molecule has 0 aromatic carbocycles. The molecule has 0 spiro atoms. The van der Waals surface area contributed by atoms with Gasteiger partial charge in [-0.15, -0.1) is 0 Å². The quantitative estimate of drug-likeness (QED) is 0.873. The number of nitrogen functional groups attached to an aromatic ring is 1. The van der Waals surface area contributed by atoms with Crippen molar-refractivity contribution in [1.29, 1.82) is 0 Å². The first-order valence-electron chi connectivity index (χ1n) is 5.78. The maximum Gasteiger partial charge on any atom is 0.222 e. The molecule has 2 N–H and O–H groups in total. The maximum absolute atomic E-state index is 6.14. The molecule has 86 valence electrons. The minimum atomic E-state index is 0.306. The largest absolute Gasteiger partial charge is 0.368 e. The van der Waals surface area contributed by atoms with Crippen LogP contribution in [0.25, 0.3) is 0 Å². The first kappa shape index (κ1) is 10.1. The van der Waals surface area contributed by atoms with Crippen molar-refractivity contribution < 1.29 is 0 Å². The molecule has 1 heterocycles. The molecule has 16 heavy (non-hydrogen) atoms. The zero-order valence-electron chi connectivity index (χ0n) is 9.06. The van der Waals surface area contributed by atoms with Gasteiger partial charge in [-0.25, -0.2) is 4.98 Å². The van der Waals surface area contributed by atoms with E-state index in [4.69, 9.17) is 17.3 Å². The topological polar surface area (TPSA) is 55.0 Å². The molecule has 0 radical (unpaired) electrons. The molecule has 5 heteroatoms. The lowest BCUT2D eigenvalue weighted by atomic mass is 10.3. The Labute approximate surface area is 99.8 Å². The standard InChI is InChI=1S/C11H15ClN4/c12-9-5-14-11(13)15-10(9)16(8-3-4-8)6-7-1-2-7/h5,7-8H,1-4,6H2,(H2,13,14,15). The summed E-state index contributed by atoms with van der Waals surface area (Å²) in [6, 6.07) is 0.618. The molecule has 0 aliphatic heterocycles. The van der Waals surface area contributed by atoms with Gasteiger partial charge in [-0.1, -0.05) is 11.6 Å². The lowest BCUT2D eigenvalue weighted by Crippen LogP contribution is -2.29. The Morgan fingerprint density at radius 3 is 2.75 bits per heavy atom. The molecule has 1 aromatic rings. The predicted octanol–water partition coefficient (Wildman–Crippen LogP) is 2.09. The van der Waals surface area contributed by atoms with Crippen molar-refractivity contribution in [3.05, 3.63) is 11.2 Å². The molecule has 0 unspecified atom stereocenters. The molecule has 2 aliphatic carbocycles. The molecule has 4 nitrogen and oxygen atoms in total.